The van der Waals surface area contributed by atoms with Crippen molar-refractivity contribution in [2.45, 2.75) is 57.6 Å². The van der Waals surface area contributed by atoms with Gasteiger partial charge in [-0.25, -0.2) is 0 Å². The molecule has 0 rings (SSSR count). The third kappa shape index (κ3) is 18.0. The van der Waals surface area contributed by atoms with Gasteiger partial charge >= 0.3 is 57.4 Å². The molecular formula is C11H22KO2S-. The molecule has 0 spiro atoms. The molecule has 0 fully saturated rings. The first kappa shape index (κ1) is 21.7. The Labute approximate surface area is 142 Å². The Hall–Kier alpha value is 1.46. The molecule has 0 amide bonds. The number of aliphatic carboxylic acids is 1. The monoisotopic (exact) mass is 257 g/mol. The second-order valence-electron chi connectivity index (χ2n) is 3.30. The average molecular weight is 257 g/mol. The third-order valence-electron chi connectivity index (χ3n) is 1.88. The number of carboxylic acid groups (broad SMARTS) is 1. The SMILES string of the molecule is CC.[CH2-]C[C@](C)([S-])CCCCC(=O)O.[K+]. The van der Waals surface area contributed by atoms with Gasteiger partial charge in [0.2, 0.25) is 0 Å². The zero-order chi connectivity index (χ0) is 11.6. The summed E-state index contributed by atoms with van der Waals surface area (Å²) >= 11 is 5.21. The van der Waals surface area contributed by atoms with E-state index >= 15 is 0 Å². The normalized spacial score (nSPS) is 12.9. The number of hydrogen-bond acceptors (Lipinski definition) is 2. The van der Waals surface area contributed by atoms with Crippen LogP contribution in [0.15, 0.2) is 0 Å². The minimum atomic E-state index is -0.726. The summed E-state index contributed by atoms with van der Waals surface area (Å²) < 4.78 is -0.140. The number of carbonyl (C=O) groups is 1. The smallest absolute Gasteiger partial charge is 0.789 e. The summed E-state index contributed by atoms with van der Waals surface area (Å²) in [5, 5.41) is 8.36. The minimum Gasteiger partial charge on any atom is -0.789 e. The molecule has 0 saturated heterocycles. The van der Waals surface area contributed by atoms with E-state index in [9.17, 15) is 4.79 Å². The molecule has 86 valence electrons. The van der Waals surface area contributed by atoms with Gasteiger partial charge in [0.15, 0.2) is 0 Å². The molecule has 0 heterocycles. The number of hydrogen-bond donors (Lipinski definition) is 1. The molecule has 0 aliphatic heterocycles. The van der Waals surface area contributed by atoms with Crippen LogP contribution in [0, 0.1) is 6.92 Å². The van der Waals surface area contributed by atoms with Gasteiger partial charge in [0, 0.05) is 6.42 Å². The first-order valence-corrected chi connectivity index (χ1v) is 5.60. The van der Waals surface area contributed by atoms with Crippen LogP contribution >= 0.6 is 0 Å². The van der Waals surface area contributed by atoms with Crippen LogP contribution in [0.4, 0.5) is 0 Å². The van der Waals surface area contributed by atoms with E-state index < -0.39 is 5.97 Å². The van der Waals surface area contributed by atoms with Crippen molar-refractivity contribution in [3.63, 3.8) is 0 Å². The minimum absolute atomic E-state index is 0. The van der Waals surface area contributed by atoms with Gasteiger partial charge in [-0.2, -0.15) is 11.2 Å². The molecule has 4 heteroatoms. The second kappa shape index (κ2) is 13.5. The van der Waals surface area contributed by atoms with Crippen molar-refractivity contribution in [2.75, 3.05) is 0 Å². The van der Waals surface area contributed by atoms with Crippen molar-refractivity contribution in [3.8, 4) is 0 Å². The maximum atomic E-state index is 10.2. The van der Waals surface area contributed by atoms with Gasteiger partial charge in [0.05, 0.1) is 0 Å². The van der Waals surface area contributed by atoms with Crippen molar-refractivity contribution < 1.29 is 61.3 Å². The molecule has 1 N–H and O–H groups in total. The third-order valence-corrected chi connectivity index (χ3v) is 2.28. The van der Waals surface area contributed by atoms with Gasteiger partial charge in [-0.1, -0.05) is 33.6 Å². The Balaban J connectivity index is -0.000000449. The molecule has 0 aromatic heterocycles. The van der Waals surface area contributed by atoms with E-state index in [4.69, 9.17) is 17.7 Å². The quantitative estimate of drug-likeness (QED) is 0.319. The van der Waals surface area contributed by atoms with Crippen molar-refractivity contribution in [2.24, 2.45) is 0 Å². The fourth-order valence-corrected chi connectivity index (χ4v) is 1.04. The summed E-state index contributed by atoms with van der Waals surface area (Å²) in [7, 11) is 0. The van der Waals surface area contributed by atoms with E-state index in [1.54, 1.807) is 0 Å². The molecule has 0 aromatic carbocycles. The Bertz CT molecular complexity index is 150. The van der Waals surface area contributed by atoms with E-state index in [-0.39, 0.29) is 62.6 Å². The number of rotatable bonds is 6. The molecule has 0 aliphatic rings. The molecule has 15 heavy (non-hydrogen) atoms. The van der Waals surface area contributed by atoms with Crippen LogP contribution in [0.25, 0.3) is 0 Å². The fourth-order valence-electron chi connectivity index (χ4n) is 0.900. The molecule has 1 atom stereocenters. The van der Waals surface area contributed by atoms with Gasteiger partial charge in [0.1, 0.15) is 0 Å². The number of carboxylic acids is 1. The zero-order valence-electron chi connectivity index (χ0n) is 10.5. The van der Waals surface area contributed by atoms with E-state index in [0.717, 1.165) is 25.7 Å². The van der Waals surface area contributed by atoms with Crippen LogP contribution in [-0.2, 0) is 17.4 Å². The molecule has 0 unspecified atom stereocenters. The molecule has 2 nitrogen and oxygen atoms in total. The van der Waals surface area contributed by atoms with Gasteiger partial charge in [0.25, 0.3) is 0 Å². The summed E-state index contributed by atoms with van der Waals surface area (Å²) in [6.45, 7) is 9.73. The van der Waals surface area contributed by atoms with Crippen LogP contribution in [0.5, 0.6) is 0 Å². The van der Waals surface area contributed by atoms with Crippen LogP contribution in [0.1, 0.15) is 52.9 Å². The van der Waals surface area contributed by atoms with E-state index in [1.807, 2.05) is 20.8 Å². The standard InChI is InChI=1S/C9H17O2S.C2H6.K/c1-3-9(2,12)7-5-4-6-8(10)11;1-2;/h12H,1,3-7H2,2H3,(H,10,11);1-2H3;/q-1;;+1/p-1/t9-;;/m0../s1. The van der Waals surface area contributed by atoms with E-state index in [2.05, 4.69) is 6.92 Å². The van der Waals surface area contributed by atoms with Crippen molar-refractivity contribution in [1.29, 1.82) is 0 Å². The predicted octanol–water partition coefficient (Wildman–Crippen LogP) is 0.191. The van der Waals surface area contributed by atoms with Crippen molar-refractivity contribution in [1.82, 2.24) is 0 Å². The summed E-state index contributed by atoms with van der Waals surface area (Å²) in [5.41, 5.74) is 0. The van der Waals surface area contributed by atoms with Gasteiger partial charge in [-0.15, -0.1) is 0 Å². The number of unbranched alkanes of at least 4 members (excludes halogenated alkanes) is 1. The first-order chi connectivity index (χ1) is 6.48. The Morgan fingerprint density at radius 3 is 2.20 bits per heavy atom. The maximum Gasteiger partial charge on any atom is 1.00 e. The molecule has 0 aliphatic carbocycles. The molecule has 0 saturated carbocycles. The molecule has 0 bridgehead atoms. The Morgan fingerprint density at radius 1 is 1.40 bits per heavy atom. The molecular weight excluding hydrogens is 235 g/mol. The average Bonchev–Trinajstić information content (AvgIpc) is 2.16. The molecule has 0 radical (unpaired) electrons. The first-order valence-electron chi connectivity index (χ1n) is 5.19. The van der Waals surface area contributed by atoms with E-state index in [1.165, 1.54) is 0 Å². The van der Waals surface area contributed by atoms with Gasteiger partial charge < -0.3 is 24.7 Å². The molecule has 0 aromatic rings. The van der Waals surface area contributed by atoms with Crippen LogP contribution in [0.2, 0.25) is 0 Å². The van der Waals surface area contributed by atoms with E-state index in [0.29, 0.717) is 0 Å². The van der Waals surface area contributed by atoms with Crippen LogP contribution in [0.3, 0.4) is 0 Å². The van der Waals surface area contributed by atoms with Crippen LogP contribution in [-0.4, -0.2) is 15.8 Å². The van der Waals surface area contributed by atoms with Gasteiger partial charge in [-0.3, -0.25) is 4.79 Å². The predicted molar refractivity (Wildman–Crippen MR) is 63.2 cm³/mol. The summed E-state index contributed by atoms with van der Waals surface area (Å²) in [5.74, 6) is -0.726. The fraction of sp³-hybridized carbons (Fsp3) is 0.818. The summed E-state index contributed by atoms with van der Waals surface area (Å²) in [4.78, 5) is 10.2. The van der Waals surface area contributed by atoms with Crippen molar-refractivity contribution >= 4 is 18.6 Å². The maximum absolute atomic E-state index is 10.2. The Morgan fingerprint density at radius 2 is 1.87 bits per heavy atom. The van der Waals surface area contributed by atoms with Gasteiger partial charge in [-0.05, 0) is 6.42 Å². The topological polar surface area (TPSA) is 37.3 Å². The Kier molecular flexibility index (Phi) is 19.6. The van der Waals surface area contributed by atoms with Crippen molar-refractivity contribution in [3.05, 3.63) is 6.92 Å². The zero-order valence-corrected chi connectivity index (χ0v) is 14.4. The second-order valence-corrected chi connectivity index (χ2v) is 4.29. The van der Waals surface area contributed by atoms with Crippen LogP contribution < -0.4 is 51.4 Å². The summed E-state index contributed by atoms with van der Waals surface area (Å²) in [6.07, 6.45) is 3.49. The largest absolute Gasteiger partial charge is 1.00 e. The summed E-state index contributed by atoms with van der Waals surface area (Å²) in [6, 6.07) is 0.